The predicted molar refractivity (Wildman–Crippen MR) is 115 cm³/mol. The topological polar surface area (TPSA) is 0 Å². The van der Waals surface area contributed by atoms with E-state index in [2.05, 4.69) is 91.8 Å². The Kier molecular flexibility index (Phi) is 10.3. The van der Waals surface area contributed by atoms with E-state index in [9.17, 15) is 0 Å². The summed E-state index contributed by atoms with van der Waals surface area (Å²) in [4.78, 5) is 0. The van der Waals surface area contributed by atoms with Gasteiger partial charge >= 0.3 is 23.1 Å². The van der Waals surface area contributed by atoms with Gasteiger partial charge in [0.25, 0.3) is 0 Å². The molecule has 0 N–H and O–H groups in total. The summed E-state index contributed by atoms with van der Waals surface area (Å²) in [5.74, 6) is 0. The molecule has 0 fully saturated rings. The van der Waals surface area contributed by atoms with E-state index in [0.717, 1.165) is 0 Å². The Balaban J connectivity index is 0.000000443. The van der Waals surface area contributed by atoms with Crippen molar-refractivity contribution in [2.75, 3.05) is 0 Å². The van der Waals surface area contributed by atoms with Crippen molar-refractivity contribution in [2.24, 2.45) is 0 Å². The monoisotopic (exact) mass is 350 g/mol. The summed E-state index contributed by atoms with van der Waals surface area (Å²) in [5, 5.41) is 0. The second-order valence-corrected chi connectivity index (χ2v) is 8.93. The van der Waals surface area contributed by atoms with E-state index >= 15 is 0 Å². The van der Waals surface area contributed by atoms with Crippen molar-refractivity contribution in [3.8, 4) is 0 Å². The molecular weight excluding hydrogens is 313 g/mol. The van der Waals surface area contributed by atoms with E-state index in [1.165, 1.54) is 47.9 Å². The fourth-order valence-electron chi connectivity index (χ4n) is 3.35. The van der Waals surface area contributed by atoms with Crippen molar-refractivity contribution >= 4 is 23.1 Å². The van der Waals surface area contributed by atoms with Gasteiger partial charge in [0.15, 0.2) is 0 Å². The molecule has 0 radical (unpaired) electrons. The van der Waals surface area contributed by atoms with E-state index in [-0.39, 0.29) is 23.1 Å². The van der Waals surface area contributed by atoms with Crippen molar-refractivity contribution < 1.29 is 0 Å². The Hall–Kier alpha value is -0.534. The first-order valence-corrected chi connectivity index (χ1v) is 9.61. The van der Waals surface area contributed by atoms with Crippen molar-refractivity contribution in [1.29, 1.82) is 0 Å². The second-order valence-electron chi connectivity index (χ2n) is 8.93. The first kappa shape index (κ1) is 24.5. The van der Waals surface area contributed by atoms with Crippen LogP contribution < -0.4 is 0 Å². The molecule has 0 nitrogen and oxygen atoms in total. The first-order chi connectivity index (χ1) is 11.1. The molecule has 0 amide bonds. The van der Waals surface area contributed by atoms with Crippen molar-refractivity contribution in [1.82, 2.24) is 0 Å². The van der Waals surface area contributed by atoms with Crippen LogP contribution in [0.3, 0.4) is 0 Å². The summed E-state index contributed by atoms with van der Waals surface area (Å²) < 4.78 is 0. The molecule has 0 saturated carbocycles. The van der Waals surface area contributed by atoms with Gasteiger partial charge in [-0.15, -0.1) is 0 Å². The van der Waals surface area contributed by atoms with Crippen molar-refractivity contribution in [3.05, 3.63) is 58.7 Å². The van der Waals surface area contributed by atoms with Gasteiger partial charge in [-0.25, -0.2) is 24.3 Å². The molecule has 2 rings (SSSR count). The molecule has 1 heteroatoms. The summed E-state index contributed by atoms with van der Waals surface area (Å²) in [6.45, 7) is 18.1. The van der Waals surface area contributed by atoms with Crippen molar-refractivity contribution in [3.63, 3.8) is 0 Å². The van der Waals surface area contributed by atoms with Gasteiger partial charge in [0.1, 0.15) is 0 Å². The predicted octanol–water partition coefficient (Wildman–Crippen LogP) is 6.93. The quantitative estimate of drug-likeness (QED) is 0.414. The SMILES string of the molecule is CCC[c-]1cccc1C(C)(C)C.CCC[c-]1cccc1C(C)(C)C.[Mg+2]. The van der Waals surface area contributed by atoms with Crippen molar-refractivity contribution in [2.45, 2.75) is 91.9 Å². The number of hydrogen-bond acceptors (Lipinski definition) is 0. The maximum atomic E-state index is 2.28. The third-order valence-corrected chi connectivity index (χ3v) is 4.47. The molecule has 0 aliphatic rings. The van der Waals surface area contributed by atoms with Crippen LogP contribution in [0.5, 0.6) is 0 Å². The van der Waals surface area contributed by atoms with Gasteiger partial charge < -0.3 is 0 Å². The Morgan fingerprint density at radius 3 is 1.24 bits per heavy atom. The molecule has 0 aromatic heterocycles. The van der Waals surface area contributed by atoms with Gasteiger partial charge in [0.2, 0.25) is 0 Å². The molecule has 0 saturated heterocycles. The minimum Gasteiger partial charge on any atom is -0.213 e. The molecule has 0 aliphatic carbocycles. The Bertz CT molecular complexity index is 530. The van der Waals surface area contributed by atoms with Crippen LogP contribution in [0.2, 0.25) is 0 Å². The van der Waals surface area contributed by atoms with Gasteiger partial charge in [-0.2, -0.15) is 34.4 Å². The van der Waals surface area contributed by atoms with Crippen LogP contribution in [0.4, 0.5) is 0 Å². The zero-order valence-corrected chi connectivity index (χ0v) is 19.4. The third-order valence-electron chi connectivity index (χ3n) is 4.47. The number of aryl methyl sites for hydroxylation is 2. The van der Waals surface area contributed by atoms with Gasteiger partial charge in [-0.1, -0.05) is 81.1 Å². The average molecular weight is 351 g/mol. The smallest absolute Gasteiger partial charge is 0.213 e. The minimum absolute atomic E-state index is 0. The Labute approximate surface area is 173 Å². The van der Waals surface area contributed by atoms with Gasteiger partial charge in [-0.3, -0.25) is 0 Å². The largest absolute Gasteiger partial charge is 2.00 e. The van der Waals surface area contributed by atoms with E-state index in [0.29, 0.717) is 10.8 Å². The third kappa shape index (κ3) is 7.70. The minimum atomic E-state index is 0. The average Bonchev–Trinajstić information content (AvgIpc) is 3.07. The molecule has 2 aromatic rings. The molecular formula is C24H38Mg. The fraction of sp³-hybridized carbons (Fsp3) is 0.583. The van der Waals surface area contributed by atoms with Crippen LogP contribution in [-0.4, -0.2) is 23.1 Å². The maximum absolute atomic E-state index is 2.28. The van der Waals surface area contributed by atoms with Gasteiger partial charge in [0.05, 0.1) is 0 Å². The fourth-order valence-corrected chi connectivity index (χ4v) is 3.35. The van der Waals surface area contributed by atoms with Crippen LogP contribution in [0.25, 0.3) is 0 Å². The summed E-state index contributed by atoms with van der Waals surface area (Å²) in [6.07, 6.45) is 4.93. The molecule has 136 valence electrons. The van der Waals surface area contributed by atoms with Crippen LogP contribution in [0.1, 0.15) is 90.5 Å². The van der Waals surface area contributed by atoms with Crippen LogP contribution in [0.15, 0.2) is 36.4 Å². The summed E-state index contributed by atoms with van der Waals surface area (Å²) in [5.41, 5.74) is 6.73. The Morgan fingerprint density at radius 2 is 1.00 bits per heavy atom. The van der Waals surface area contributed by atoms with E-state index in [1.807, 2.05) is 0 Å². The summed E-state index contributed by atoms with van der Waals surface area (Å²) in [6, 6.07) is 13.4. The van der Waals surface area contributed by atoms with Crippen LogP contribution in [-0.2, 0) is 23.7 Å². The molecule has 0 bridgehead atoms. The van der Waals surface area contributed by atoms with E-state index in [4.69, 9.17) is 0 Å². The summed E-state index contributed by atoms with van der Waals surface area (Å²) >= 11 is 0. The van der Waals surface area contributed by atoms with Gasteiger partial charge in [0, 0.05) is 0 Å². The summed E-state index contributed by atoms with van der Waals surface area (Å²) in [7, 11) is 0. The van der Waals surface area contributed by atoms with E-state index in [1.54, 1.807) is 0 Å². The molecule has 0 heterocycles. The molecule has 0 atom stereocenters. The molecule has 0 unspecified atom stereocenters. The van der Waals surface area contributed by atoms with Crippen LogP contribution >= 0.6 is 0 Å². The normalized spacial score (nSPS) is 11.5. The van der Waals surface area contributed by atoms with E-state index < -0.39 is 0 Å². The maximum Gasteiger partial charge on any atom is 2.00 e. The number of rotatable bonds is 4. The van der Waals surface area contributed by atoms with Crippen LogP contribution in [0, 0.1) is 0 Å². The zero-order chi connectivity index (χ0) is 18.4. The number of hydrogen-bond donors (Lipinski definition) is 0. The van der Waals surface area contributed by atoms with Gasteiger partial charge in [-0.05, 0) is 10.8 Å². The molecule has 0 spiro atoms. The Morgan fingerprint density at radius 1 is 0.680 bits per heavy atom. The standard InChI is InChI=1S/2C12H19.Mg/c2*1-5-7-10-8-6-9-11(10)12(2,3)4;/h2*6,8-9H,5,7H2,1-4H3;/q2*-1;+2. The second kappa shape index (κ2) is 10.6. The molecule has 0 aliphatic heterocycles. The molecule has 2 aromatic carbocycles. The zero-order valence-electron chi connectivity index (χ0n) is 18.0. The first-order valence-electron chi connectivity index (χ1n) is 9.61. The molecule has 25 heavy (non-hydrogen) atoms.